The first-order valence-corrected chi connectivity index (χ1v) is 5.90. The molecule has 1 saturated heterocycles. The second kappa shape index (κ2) is 4.91. The van der Waals surface area contributed by atoms with Crippen LogP contribution in [-0.4, -0.2) is 18.0 Å². The molecule has 2 atom stereocenters. The molecule has 1 fully saturated rings. The highest BCUT2D eigenvalue weighted by Gasteiger charge is 2.22. The third kappa shape index (κ3) is 2.35. The van der Waals surface area contributed by atoms with Gasteiger partial charge in [0.1, 0.15) is 0 Å². The zero-order chi connectivity index (χ0) is 9.80. The van der Waals surface area contributed by atoms with Gasteiger partial charge < -0.3 is 9.47 Å². The van der Waals surface area contributed by atoms with Crippen molar-refractivity contribution in [1.29, 1.82) is 0 Å². The minimum absolute atomic E-state index is 0.188. The monoisotopic (exact) mass is 256 g/mol. The van der Waals surface area contributed by atoms with E-state index in [0.29, 0.717) is 0 Å². The van der Waals surface area contributed by atoms with Crippen LogP contribution in [0.3, 0.4) is 0 Å². The Bertz CT molecular complexity index is 276. The molecule has 0 saturated carbocycles. The van der Waals surface area contributed by atoms with Gasteiger partial charge >= 0.3 is 0 Å². The highest BCUT2D eigenvalue weighted by atomic mass is 79.9. The van der Waals surface area contributed by atoms with Gasteiger partial charge in [0.2, 0.25) is 0 Å². The molecule has 0 aliphatic carbocycles. The van der Waals surface area contributed by atoms with Gasteiger partial charge in [-0.15, -0.1) is 0 Å². The lowest BCUT2D eigenvalue weighted by Gasteiger charge is -2.29. The minimum atomic E-state index is -0.188. The number of alkyl halides is 1. The topological polar surface area (TPSA) is 18.5 Å². The lowest BCUT2D eigenvalue weighted by atomic mass is 10.2. The van der Waals surface area contributed by atoms with Gasteiger partial charge in [-0.3, -0.25) is 0 Å². The van der Waals surface area contributed by atoms with Gasteiger partial charge in [-0.2, -0.15) is 0 Å². The Labute approximate surface area is 92.3 Å². The van der Waals surface area contributed by atoms with E-state index >= 15 is 0 Å². The first-order chi connectivity index (χ1) is 6.90. The molecule has 2 nitrogen and oxygen atoms in total. The van der Waals surface area contributed by atoms with Gasteiger partial charge in [0.15, 0.2) is 6.29 Å². The van der Waals surface area contributed by atoms with Crippen molar-refractivity contribution in [2.75, 3.05) is 11.9 Å². The first-order valence-electron chi connectivity index (χ1n) is 4.78. The van der Waals surface area contributed by atoms with Crippen LogP contribution in [0.5, 0.6) is 0 Å². The van der Waals surface area contributed by atoms with Crippen molar-refractivity contribution in [3.8, 4) is 0 Å². The summed E-state index contributed by atoms with van der Waals surface area (Å²) in [6.07, 6.45) is 1.05. The number of benzene rings is 1. The van der Waals surface area contributed by atoms with Crippen molar-refractivity contribution in [1.82, 2.24) is 0 Å². The highest BCUT2D eigenvalue weighted by molar-refractivity contribution is 9.09. The largest absolute Gasteiger partial charge is 0.348 e. The second-order valence-corrected chi connectivity index (χ2v) is 3.96. The SMILES string of the molecule is BrC[C@H]1CCOC(c2ccccc2)O1. The molecule has 0 spiro atoms. The molecule has 1 aliphatic heterocycles. The maximum atomic E-state index is 5.75. The molecular formula is C11H13BrO2. The molecule has 14 heavy (non-hydrogen) atoms. The van der Waals surface area contributed by atoms with Crippen LogP contribution in [0.4, 0.5) is 0 Å². The Hall–Kier alpha value is -0.380. The van der Waals surface area contributed by atoms with Crippen molar-refractivity contribution in [2.45, 2.75) is 18.8 Å². The Morgan fingerprint density at radius 2 is 2.07 bits per heavy atom. The molecule has 0 N–H and O–H groups in total. The third-order valence-electron chi connectivity index (χ3n) is 2.27. The summed E-state index contributed by atoms with van der Waals surface area (Å²) in [7, 11) is 0. The molecule has 1 unspecified atom stereocenters. The predicted molar refractivity (Wildman–Crippen MR) is 58.4 cm³/mol. The smallest absolute Gasteiger partial charge is 0.184 e. The van der Waals surface area contributed by atoms with Crippen molar-refractivity contribution >= 4 is 15.9 Å². The van der Waals surface area contributed by atoms with E-state index in [1.165, 1.54) is 0 Å². The van der Waals surface area contributed by atoms with E-state index < -0.39 is 0 Å². The van der Waals surface area contributed by atoms with Gasteiger partial charge in [0.05, 0.1) is 12.7 Å². The summed E-state index contributed by atoms with van der Waals surface area (Å²) in [5, 5.41) is 0.875. The third-order valence-corrected chi connectivity index (χ3v) is 2.99. The fourth-order valence-corrected chi connectivity index (χ4v) is 1.96. The summed E-state index contributed by atoms with van der Waals surface area (Å²) in [5.74, 6) is 0. The van der Waals surface area contributed by atoms with Crippen molar-refractivity contribution < 1.29 is 9.47 Å². The van der Waals surface area contributed by atoms with Gasteiger partial charge in [-0.05, 0) is 6.42 Å². The second-order valence-electron chi connectivity index (χ2n) is 3.31. The average molecular weight is 257 g/mol. The summed E-state index contributed by atoms with van der Waals surface area (Å²) in [4.78, 5) is 0. The Morgan fingerprint density at radius 3 is 2.79 bits per heavy atom. The lowest BCUT2D eigenvalue weighted by Crippen LogP contribution is -2.27. The molecular weight excluding hydrogens is 244 g/mol. The van der Waals surface area contributed by atoms with Crippen molar-refractivity contribution in [3.05, 3.63) is 35.9 Å². The van der Waals surface area contributed by atoms with Crippen LogP contribution in [-0.2, 0) is 9.47 Å². The molecule has 1 aliphatic rings. The zero-order valence-corrected chi connectivity index (χ0v) is 9.44. The number of hydrogen-bond donors (Lipinski definition) is 0. The van der Waals surface area contributed by atoms with E-state index in [4.69, 9.17) is 9.47 Å². The summed E-state index contributed by atoms with van der Waals surface area (Å²) in [6.45, 7) is 0.774. The van der Waals surface area contributed by atoms with E-state index in [1.807, 2.05) is 30.3 Å². The average Bonchev–Trinajstić information content (AvgIpc) is 2.30. The molecule has 0 radical (unpaired) electrons. The quantitative estimate of drug-likeness (QED) is 0.758. The van der Waals surface area contributed by atoms with Crippen LogP contribution in [0.2, 0.25) is 0 Å². The van der Waals surface area contributed by atoms with Gasteiger partial charge in [-0.1, -0.05) is 46.3 Å². The fraction of sp³-hybridized carbons (Fsp3) is 0.455. The van der Waals surface area contributed by atoms with E-state index in [9.17, 15) is 0 Å². The summed E-state index contributed by atoms with van der Waals surface area (Å²) in [6, 6.07) is 10.1. The predicted octanol–water partition coefficient (Wildman–Crippen LogP) is 2.89. The van der Waals surface area contributed by atoms with Crippen LogP contribution in [0.25, 0.3) is 0 Å². The van der Waals surface area contributed by atoms with E-state index in [0.717, 1.165) is 23.9 Å². The molecule has 3 heteroatoms. The molecule has 2 rings (SSSR count). The van der Waals surface area contributed by atoms with Gasteiger partial charge in [-0.25, -0.2) is 0 Å². The van der Waals surface area contributed by atoms with Crippen LogP contribution in [0.15, 0.2) is 30.3 Å². The lowest BCUT2D eigenvalue weighted by molar-refractivity contribution is -0.210. The van der Waals surface area contributed by atoms with Crippen molar-refractivity contribution in [2.24, 2.45) is 0 Å². The maximum absolute atomic E-state index is 5.75. The van der Waals surface area contributed by atoms with Crippen LogP contribution in [0, 0.1) is 0 Å². The summed E-state index contributed by atoms with van der Waals surface area (Å²) in [5.41, 5.74) is 1.10. The van der Waals surface area contributed by atoms with Gasteiger partial charge in [0.25, 0.3) is 0 Å². The molecule has 0 bridgehead atoms. The molecule has 1 aromatic rings. The number of hydrogen-bond acceptors (Lipinski definition) is 2. The maximum Gasteiger partial charge on any atom is 0.184 e. The van der Waals surface area contributed by atoms with E-state index in [2.05, 4.69) is 15.9 Å². The molecule has 76 valence electrons. The number of rotatable bonds is 2. The zero-order valence-electron chi connectivity index (χ0n) is 7.86. The van der Waals surface area contributed by atoms with Crippen LogP contribution < -0.4 is 0 Å². The molecule has 0 amide bonds. The molecule has 0 aromatic heterocycles. The standard InChI is InChI=1S/C11H13BrO2/c12-8-10-6-7-13-11(14-10)9-4-2-1-3-5-9/h1-5,10-11H,6-8H2/t10-,11?/m1/s1. The summed E-state index contributed by atoms with van der Waals surface area (Å²) < 4.78 is 11.3. The normalized spacial score (nSPS) is 27.5. The minimum Gasteiger partial charge on any atom is -0.348 e. The number of ether oxygens (including phenoxy) is 2. The van der Waals surface area contributed by atoms with Crippen LogP contribution in [0.1, 0.15) is 18.3 Å². The van der Waals surface area contributed by atoms with Gasteiger partial charge in [0, 0.05) is 10.9 Å². The number of halogens is 1. The van der Waals surface area contributed by atoms with E-state index in [1.54, 1.807) is 0 Å². The fourth-order valence-electron chi connectivity index (χ4n) is 1.49. The van der Waals surface area contributed by atoms with Crippen LogP contribution >= 0.6 is 15.9 Å². The Morgan fingerprint density at radius 1 is 1.29 bits per heavy atom. The first kappa shape index (κ1) is 10.1. The molecule has 1 aromatic carbocycles. The Kier molecular flexibility index (Phi) is 3.56. The Balaban J connectivity index is 2.04. The molecule has 1 heterocycles. The van der Waals surface area contributed by atoms with E-state index in [-0.39, 0.29) is 12.4 Å². The van der Waals surface area contributed by atoms with Crippen molar-refractivity contribution in [3.63, 3.8) is 0 Å². The highest BCUT2D eigenvalue weighted by Crippen LogP contribution is 2.26. The summed E-state index contributed by atoms with van der Waals surface area (Å²) >= 11 is 3.43.